The van der Waals surface area contributed by atoms with E-state index in [1.807, 2.05) is 20.8 Å². The Kier molecular flexibility index (Phi) is 16.8. The van der Waals surface area contributed by atoms with Gasteiger partial charge in [0.05, 0.1) is 6.04 Å². The standard InChI is InChI=1S/C35H61N7O7S/c1-6-18-37-32(45)30(43)26(22-24-13-10-14-24)38-31(44)27-17-11-21-42(27)33(46)29(25-15-8-7-9-16-25)40-34(47)39-28(35(2,3)4)23-41(50(48)49)20-12-19-36-5/h6,24-29,36H,1,7-23H2,2-5H3,(H,37,45)(H,38,44)(H,48,49)(H2,39,40,47)/p-1. The summed E-state index contributed by atoms with van der Waals surface area (Å²) in [5.41, 5.74) is -0.503. The summed E-state index contributed by atoms with van der Waals surface area (Å²) in [6, 6.07) is -3.86. The third kappa shape index (κ3) is 12.4. The van der Waals surface area contributed by atoms with E-state index in [0.29, 0.717) is 45.3 Å². The summed E-state index contributed by atoms with van der Waals surface area (Å²) in [6.07, 6.45) is 10.7. The molecule has 50 heavy (non-hydrogen) atoms. The minimum Gasteiger partial charge on any atom is -0.760 e. The molecule has 5 unspecified atom stereocenters. The summed E-state index contributed by atoms with van der Waals surface area (Å²) >= 11 is -2.48. The second-order valence-corrected chi connectivity index (χ2v) is 16.1. The Morgan fingerprint density at radius 2 is 1.68 bits per heavy atom. The number of carbonyl (C=O) groups excluding carboxylic acids is 5. The second-order valence-electron chi connectivity index (χ2n) is 15.1. The lowest BCUT2D eigenvalue weighted by Gasteiger charge is -2.38. The quantitative estimate of drug-likeness (QED) is 0.0578. The van der Waals surface area contributed by atoms with Crippen LogP contribution in [0.15, 0.2) is 12.7 Å². The maximum atomic E-state index is 14.3. The van der Waals surface area contributed by atoms with Crippen molar-refractivity contribution in [3.05, 3.63) is 12.7 Å². The van der Waals surface area contributed by atoms with Gasteiger partial charge in [0.2, 0.25) is 17.6 Å². The van der Waals surface area contributed by atoms with E-state index in [0.717, 1.165) is 51.4 Å². The molecule has 5 atom stereocenters. The third-order valence-corrected chi connectivity index (χ3v) is 11.1. The predicted octanol–water partition coefficient (Wildman–Crippen LogP) is 1.89. The van der Waals surface area contributed by atoms with Crippen LogP contribution in [-0.4, -0.2) is 111 Å². The average molecular weight is 723 g/mol. The van der Waals surface area contributed by atoms with Crippen LogP contribution in [0.3, 0.4) is 0 Å². The van der Waals surface area contributed by atoms with Crippen molar-refractivity contribution in [1.82, 2.24) is 35.8 Å². The Balaban J connectivity index is 1.76. The zero-order chi connectivity index (χ0) is 36.8. The molecule has 3 fully saturated rings. The highest BCUT2D eigenvalue weighted by Crippen LogP contribution is 2.32. The molecule has 1 saturated heterocycles. The summed E-state index contributed by atoms with van der Waals surface area (Å²) in [5.74, 6) is -2.21. The smallest absolute Gasteiger partial charge is 0.315 e. The van der Waals surface area contributed by atoms with Crippen LogP contribution in [0.5, 0.6) is 0 Å². The van der Waals surface area contributed by atoms with E-state index in [1.54, 1.807) is 7.05 Å². The van der Waals surface area contributed by atoms with Crippen molar-refractivity contribution in [1.29, 1.82) is 0 Å². The maximum Gasteiger partial charge on any atom is 0.315 e. The topological polar surface area (TPSA) is 192 Å². The van der Waals surface area contributed by atoms with Crippen LogP contribution in [0.1, 0.15) is 97.8 Å². The van der Waals surface area contributed by atoms with E-state index in [9.17, 15) is 32.7 Å². The highest BCUT2D eigenvalue weighted by Gasteiger charge is 2.42. The van der Waals surface area contributed by atoms with Gasteiger partial charge in [0.25, 0.3) is 5.91 Å². The first-order valence-corrected chi connectivity index (χ1v) is 19.4. The van der Waals surface area contributed by atoms with Gasteiger partial charge in [0.1, 0.15) is 12.1 Å². The summed E-state index contributed by atoms with van der Waals surface area (Å²) in [6.45, 7) is 10.8. The van der Waals surface area contributed by atoms with Gasteiger partial charge in [0, 0.05) is 43.5 Å². The van der Waals surface area contributed by atoms with Crippen molar-refractivity contribution in [3.63, 3.8) is 0 Å². The molecule has 0 bridgehead atoms. The minimum atomic E-state index is -2.48. The lowest BCUT2D eigenvalue weighted by Crippen LogP contribution is -2.61. The van der Waals surface area contributed by atoms with Crippen LogP contribution >= 0.6 is 0 Å². The number of urea groups is 1. The molecule has 15 heteroatoms. The van der Waals surface area contributed by atoms with Gasteiger partial charge in [-0.2, -0.15) is 0 Å². The van der Waals surface area contributed by atoms with Crippen LogP contribution in [0.2, 0.25) is 0 Å². The molecule has 3 rings (SSSR count). The third-order valence-electron chi connectivity index (χ3n) is 10.4. The molecule has 3 aliphatic rings. The molecular formula is C35H60N7O7S-. The van der Waals surface area contributed by atoms with Crippen molar-refractivity contribution in [2.24, 2.45) is 17.3 Å². The minimum absolute atomic E-state index is 0.0690. The lowest BCUT2D eigenvalue weighted by atomic mass is 9.80. The fraction of sp³-hybridized carbons (Fsp3) is 0.800. The van der Waals surface area contributed by atoms with Gasteiger partial charge in [-0.05, 0) is 69.4 Å². The van der Waals surface area contributed by atoms with Crippen molar-refractivity contribution >= 4 is 40.8 Å². The molecule has 0 spiro atoms. The van der Waals surface area contributed by atoms with Gasteiger partial charge in [-0.3, -0.25) is 23.4 Å². The Hall–Kier alpha value is -2.88. The number of amides is 5. The van der Waals surface area contributed by atoms with E-state index in [1.165, 1.54) is 15.3 Å². The normalized spacial score (nSPS) is 21.0. The first kappa shape index (κ1) is 41.5. The number of rotatable bonds is 19. The van der Waals surface area contributed by atoms with Gasteiger partial charge in [-0.25, -0.2) is 9.10 Å². The lowest BCUT2D eigenvalue weighted by molar-refractivity contribution is -0.143. The monoisotopic (exact) mass is 722 g/mol. The molecule has 284 valence electrons. The summed E-state index contributed by atoms with van der Waals surface area (Å²) in [4.78, 5) is 69.0. The Morgan fingerprint density at radius 3 is 2.26 bits per heavy atom. The van der Waals surface area contributed by atoms with Gasteiger partial charge < -0.3 is 36.0 Å². The van der Waals surface area contributed by atoms with Crippen molar-refractivity contribution < 1.29 is 32.7 Å². The van der Waals surface area contributed by atoms with Crippen molar-refractivity contribution in [3.8, 4) is 0 Å². The van der Waals surface area contributed by atoms with Gasteiger partial charge in [-0.15, -0.1) is 6.58 Å². The van der Waals surface area contributed by atoms with Gasteiger partial charge >= 0.3 is 6.03 Å². The van der Waals surface area contributed by atoms with E-state index < -0.39 is 64.5 Å². The molecule has 0 radical (unpaired) electrons. The van der Waals surface area contributed by atoms with E-state index in [4.69, 9.17) is 0 Å². The summed E-state index contributed by atoms with van der Waals surface area (Å²) < 4.78 is 25.4. The molecular weight excluding hydrogens is 662 g/mol. The number of nitrogens with one attached hydrogen (secondary N) is 5. The van der Waals surface area contributed by atoms with Crippen molar-refractivity contribution in [2.45, 2.75) is 122 Å². The average Bonchev–Trinajstić information content (AvgIpc) is 3.56. The van der Waals surface area contributed by atoms with Gasteiger partial charge in [-0.1, -0.05) is 65.4 Å². The highest BCUT2D eigenvalue weighted by atomic mass is 32.2. The molecule has 0 aromatic carbocycles. The fourth-order valence-electron chi connectivity index (χ4n) is 7.04. The Labute approximate surface area is 300 Å². The van der Waals surface area contributed by atoms with Crippen molar-refractivity contribution in [2.75, 3.05) is 39.8 Å². The van der Waals surface area contributed by atoms with Crippen LogP contribution in [0, 0.1) is 17.3 Å². The number of hydrogen-bond acceptors (Lipinski definition) is 8. The first-order valence-electron chi connectivity index (χ1n) is 18.4. The first-order chi connectivity index (χ1) is 23.8. The molecule has 1 aliphatic heterocycles. The molecule has 5 N–H and O–H groups in total. The summed E-state index contributed by atoms with van der Waals surface area (Å²) in [7, 11) is 1.80. The molecule has 2 saturated carbocycles. The van der Waals surface area contributed by atoms with E-state index >= 15 is 0 Å². The van der Waals surface area contributed by atoms with E-state index in [-0.39, 0.29) is 30.8 Å². The number of likely N-dealkylation sites (tertiary alicyclic amines) is 1. The highest BCUT2D eigenvalue weighted by molar-refractivity contribution is 7.76. The fourth-order valence-corrected chi connectivity index (χ4v) is 7.59. The Bertz CT molecular complexity index is 1200. The van der Waals surface area contributed by atoms with Crippen LogP contribution < -0.4 is 26.6 Å². The van der Waals surface area contributed by atoms with E-state index in [2.05, 4.69) is 33.2 Å². The number of carbonyl (C=O) groups is 5. The van der Waals surface area contributed by atoms with Crippen LogP contribution in [0.4, 0.5) is 4.79 Å². The number of ketones is 1. The number of Topliss-reactive ketones (excluding diaryl/α,β-unsaturated/α-hetero) is 1. The number of hydrogen-bond donors (Lipinski definition) is 5. The SMILES string of the molecule is C=CCNC(=O)C(=O)C(CC1CCC1)NC(=O)C1CCCN1C(=O)C(NC(=O)NC(CN(CCCNC)S(=O)[O-])C(C)(C)C)C1CCCCC1. The Morgan fingerprint density at radius 1 is 0.980 bits per heavy atom. The zero-order valence-electron chi connectivity index (χ0n) is 30.4. The second kappa shape index (κ2) is 20.2. The molecule has 0 aromatic rings. The van der Waals surface area contributed by atoms with Crippen LogP contribution in [-0.2, 0) is 30.4 Å². The number of nitrogens with zero attached hydrogens (tertiary/aromatic N) is 2. The zero-order valence-corrected chi connectivity index (χ0v) is 31.2. The summed E-state index contributed by atoms with van der Waals surface area (Å²) in [5, 5.41) is 14.2. The molecule has 0 aromatic heterocycles. The van der Waals surface area contributed by atoms with Crippen LogP contribution in [0.25, 0.3) is 0 Å². The predicted molar refractivity (Wildman–Crippen MR) is 191 cm³/mol. The van der Waals surface area contributed by atoms with Gasteiger partial charge in [0.15, 0.2) is 0 Å². The molecule has 14 nitrogen and oxygen atoms in total. The maximum absolute atomic E-state index is 14.3. The molecule has 5 amide bonds. The molecule has 1 heterocycles. The largest absolute Gasteiger partial charge is 0.760 e. The molecule has 2 aliphatic carbocycles.